The molecule has 0 radical (unpaired) electrons. The number of ether oxygens (including phenoxy) is 2. The molecule has 2 heterocycles. The number of amides is 1. The number of aliphatic hydroxyl groups is 1. The molecule has 34 heavy (non-hydrogen) atoms. The number of carbonyl (C=O) groups is 2. The Morgan fingerprint density at radius 1 is 1.18 bits per heavy atom. The lowest BCUT2D eigenvalue weighted by Gasteiger charge is -2.45. The van der Waals surface area contributed by atoms with E-state index in [9.17, 15) is 14.7 Å². The molecule has 0 unspecified atom stereocenters. The van der Waals surface area contributed by atoms with Gasteiger partial charge in [-0.25, -0.2) is 14.2 Å². The second-order valence-corrected chi connectivity index (χ2v) is 12.1. The molecule has 1 aliphatic heterocycles. The summed E-state index contributed by atoms with van der Waals surface area (Å²) in [5.74, 6) is -1.19. The van der Waals surface area contributed by atoms with Crippen molar-refractivity contribution in [3.63, 3.8) is 0 Å². The lowest BCUT2D eigenvalue weighted by Crippen LogP contribution is -2.54. The summed E-state index contributed by atoms with van der Waals surface area (Å²) in [5.41, 5.74) is -4.06. The van der Waals surface area contributed by atoms with Crippen molar-refractivity contribution in [1.29, 1.82) is 0 Å². The Hall–Kier alpha value is -1.93. The molecule has 0 aliphatic carbocycles. The van der Waals surface area contributed by atoms with Crippen molar-refractivity contribution >= 4 is 23.7 Å². The van der Waals surface area contributed by atoms with E-state index in [0.29, 0.717) is 0 Å². The van der Waals surface area contributed by atoms with Crippen LogP contribution in [0.25, 0.3) is 0 Å². The highest BCUT2D eigenvalue weighted by Gasteiger charge is 2.49. The minimum absolute atomic E-state index is 0.000998. The maximum Gasteiger partial charge on any atom is 0.410 e. The van der Waals surface area contributed by atoms with E-state index in [2.05, 4.69) is 4.98 Å². The average Bonchev–Trinajstić information content (AvgIpc) is 2.60. The summed E-state index contributed by atoms with van der Waals surface area (Å²) in [6.07, 6.45) is -0.0813. The predicted octanol–water partition coefficient (Wildman–Crippen LogP) is 5.39. The molecule has 7 nitrogen and oxygen atoms in total. The number of halogens is 2. The fourth-order valence-electron chi connectivity index (χ4n) is 4.16. The maximum absolute atomic E-state index is 15.4. The number of aromatic nitrogens is 1. The van der Waals surface area contributed by atoms with Gasteiger partial charge in [0.2, 0.25) is 0 Å². The number of piperidine rings is 1. The third-order valence-electron chi connectivity index (χ3n) is 5.67. The van der Waals surface area contributed by atoms with Crippen LogP contribution in [0, 0.1) is 11.2 Å². The first-order chi connectivity index (χ1) is 15.2. The number of rotatable bonds is 4. The molecular formula is C25H38ClFN2O5. The SMILES string of the molecule is C[C@@H]1C[C@](Cc2nc(Cl)cc(C(C)(C)O)c2F)(C(=O)OC(C)(C)C)CCN1C(=O)OC(C)(C)C. The topological polar surface area (TPSA) is 89.0 Å². The summed E-state index contributed by atoms with van der Waals surface area (Å²) in [7, 11) is 0. The van der Waals surface area contributed by atoms with Gasteiger partial charge in [-0.05, 0) is 81.2 Å². The van der Waals surface area contributed by atoms with Gasteiger partial charge in [0.1, 0.15) is 16.4 Å². The molecule has 192 valence electrons. The van der Waals surface area contributed by atoms with Gasteiger partial charge >= 0.3 is 12.1 Å². The first-order valence-corrected chi connectivity index (χ1v) is 11.9. The van der Waals surface area contributed by atoms with E-state index in [4.69, 9.17) is 21.1 Å². The van der Waals surface area contributed by atoms with E-state index in [1.807, 2.05) is 6.92 Å². The number of pyridine rings is 1. The van der Waals surface area contributed by atoms with Crippen LogP contribution in [0.2, 0.25) is 5.15 Å². The highest BCUT2D eigenvalue weighted by atomic mass is 35.5. The van der Waals surface area contributed by atoms with Crippen LogP contribution in [0.1, 0.15) is 86.4 Å². The molecule has 0 bridgehead atoms. The molecule has 1 saturated heterocycles. The van der Waals surface area contributed by atoms with Gasteiger partial charge in [-0.3, -0.25) is 4.79 Å². The monoisotopic (exact) mass is 500 g/mol. The number of esters is 1. The van der Waals surface area contributed by atoms with Crippen molar-refractivity contribution in [3.05, 3.63) is 28.3 Å². The van der Waals surface area contributed by atoms with Crippen molar-refractivity contribution < 1.29 is 28.6 Å². The van der Waals surface area contributed by atoms with Crippen LogP contribution in [0.5, 0.6) is 0 Å². The Labute approximate surface area is 207 Å². The van der Waals surface area contributed by atoms with Crippen molar-refractivity contribution in [2.75, 3.05) is 6.54 Å². The second kappa shape index (κ2) is 9.61. The second-order valence-electron chi connectivity index (χ2n) is 11.7. The lowest BCUT2D eigenvalue weighted by atomic mass is 9.72. The first kappa shape index (κ1) is 28.3. The van der Waals surface area contributed by atoms with E-state index < -0.39 is 40.1 Å². The fraction of sp³-hybridized carbons (Fsp3) is 0.720. The molecule has 0 saturated carbocycles. The van der Waals surface area contributed by atoms with Crippen LogP contribution in [-0.4, -0.2) is 50.8 Å². The van der Waals surface area contributed by atoms with Crippen LogP contribution in [0.15, 0.2) is 6.07 Å². The molecule has 2 rings (SSSR count). The summed E-state index contributed by atoms with van der Waals surface area (Å²) in [6, 6.07) is 0.918. The van der Waals surface area contributed by atoms with Crippen LogP contribution >= 0.6 is 11.6 Å². The van der Waals surface area contributed by atoms with E-state index in [1.54, 1.807) is 46.4 Å². The van der Waals surface area contributed by atoms with Gasteiger partial charge in [0.25, 0.3) is 0 Å². The van der Waals surface area contributed by atoms with Gasteiger partial charge < -0.3 is 19.5 Å². The quantitative estimate of drug-likeness (QED) is 0.440. The van der Waals surface area contributed by atoms with Crippen molar-refractivity contribution in [2.24, 2.45) is 5.41 Å². The summed E-state index contributed by atoms with van der Waals surface area (Å²) < 4.78 is 26.7. The molecule has 2 atom stereocenters. The molecule has 1 aliphatic rings. The van der Waals surface area contributed by atoms with Gasteiger partial charge in [-0.15, -0.1) is 0 Å². The lowest BCUT2D eigenvalue weighted by molar-refractivity contribution is -0.172. The van der Waals surface area contributed by atoms with Crippen LogP contribution < -0.4 is 0 Å². The summed E-state index contributed by atoms with van der Waals surface area (Å²) >= 11 is 6.16. The summed E-state index contributed by atoms with van der Waals surface area (Å²) in [5, 5.41) is 10.4. The summed E-state index contributed by atoms with van der Waals surface area (Å²) in [4.78, 5) is 31.9. The highest BCUT2D eigenvalue weighted by molar-refractivity contribution is 6.29. The van der Waals surface area contributed by atoms with Crippen LogP contribution in [-0.2, 0) is 26.3 Å². The normalized spacial score (nSPS) is 21.9. The summed E-state index contributed by atoms with van der Waals surface area (Å²) in [6.45, 7) is 15.6. The predicted molar refractivity (Wildman–Crippen MR) is 128 cm³/mol. The Morgan fingerprint density at radius 2 is 1.74 bits per heavy atom. The van der Waals surface area contributed by atoms with Crippen LogP contribution in [0.4, 0.5) is 9.18 Å². The van der Waals surface area contributed by atoms with Gasteiger partial charge in [-0.2, -0.15) is 0 Å². The number of nitrogens with zero attached hydrogens (tertiary/aromatic N) is 2. The van der Waals surface area contributed by atoms with Crippen molar-refractivity contribution in [1.82, 2.24) is 9.88 Å². The smallest absolute Gasteiger partial charge is 0.410 e. The van der Waals surface area contributed by atoms with Gasteiger partial charge in [0.15, 0.2) is 5.82 Å². The maximum atomic E-state index is 15.4. The molecule has 1 amide bonds. The molecule has 0 spiro atoms. The molecule has 1 fully saturated rings. The third-order valence-corrected chi connectivity index (χ3v) is 5.86. The van der Waals surface area contributed by atoms with Gasteiger partial charge in [0.05, 0.1) is 16.7 Å². The number of hydrogen-bond acceptors (Lipinski definition) is 6. The van der Waals surface area contributed by atoms with E-state index in [-0.39, 0.29) is 48.3 Å². The van der Waals surface area contributed by atoms with Crippen molar-refractivity contribution in [3.8, 4) is 0 Å². The fourth-order valence-corrected chi connectivity index (χ4v) is 4.37. The number of likely N-dealkylation sites (tertiary alicyclic amines) is 1. The standard InChI is InChI=1S/C25H38ClFN2O5/c1-15-13-25(20(30)33-22(2,3)4,10-11-29(15)21(31)34-23(5,6)7)14-17-19(27)16(24(8,9)32)12-18(26)28-17/h12,15,32H,10-11,13-14H2,1-9H3/t15-,25-/m1/s1. The zero-order chi connectivity index (χ0) is 26.3. The largest absolute Gasteiger partial charge is 0.460 e. The zero-order valence-electron chi connectivity index (χ0n) is 21.7. The molecule has 9 heteroatoms. The molecular weight excluding hydrogens is 463 g/mol. The Morgan fingerprint density at radius 3 is 2.21 bits per heavy atom. The van der Waals surface area contributed by atoms with E-state index in [0.717, 1.165) is 0 Å². The average molecular weight is 501 g/mol. The third kappa shape index (κ3) is 7.04. The zero-order valence-corrected chi connectivity index (χ0v) is 22.5. The highest BCUT2D eigenvalue weighted by Crippen LogP contribution is 2.42. The van der Waals surface area contributed by atoms with E-state index in [1.165, 1.54) is 19.9 Å². The molecule has 1 aromatic rings. The minimum Gasteiger partial charge on any atom is -0.460 e. The van der Waals surface area contributed by atoms with Crippen LogP contribution in [0.3, 0.4) is 0 Å². The molecule has 0 aromatic carbocycles. The Kier molecular flexibility index (Phi) is 8.00. The van der Waals surface area contributed by atoms with Gasteiger partial charge in [0, 0.05) is 24.6 Å². The molecule has 1 aromatic heterocycles. The van der Waals surface area contributed by atoms with Gasteiger partial charge in [-0.1, -0.05) is 11.6 Å². The molecule has 1 N–H and O–H groups in total. The van der Waals surface area contributed by atoms with Crippen molar-refractivity contribution in [2.45, 2.75) is 104 Å². The minimum atomic E-state index is -1.49. The Balaban J connectivity index is 2.46. The number of carbonyl (C=O) groups excluding carboxylic acids is 2. The first-order valence-electron chi connectivity index (χ1n) is 11.5. The Bertz CT molecular complexity index is 933. The number of hydrogen-bond donors (Lipinski definition) is 1. The van der Waals surface area contributed by atoms with E-state index >= 15 is 4.39 Å².